The van der Waals surface area contributed by atoms with Crippen LogP contribution in [0.25, 0.3) is 0 Å². The second-order valence-corrected chi connectivity index (χ2v) is 3.63. The molecule has 13 heavy (non-hydrogen) atoms. The number of carbonyl (C=O) groups is 1. The number of hydrogen-bond donors (Lipinski definition) is 1. The molecule has 6 heteroatoms. The molecule has 0 aliphatic carbocycles. The number of halogens is 4. The monoisotopic (exact) mass is 201 g/mol. The van der Waals surface area contributed by atoms with Gasteiger partial charge in [0.1, 0.15) is 0 Å². The lowest BCUT2D eigenvalue weighted by Crippen LogP contribution is -2.51. The highest BCUT2D eigenvalue weighted by Crippen LogP contribution is 2.23. The third-order valence-electron chi connectivity index (χ3n) is 1.07. The Hall–Kier alpha value is -0.810. The summed E-state index contributed by atoms with van der Waals surface area (Å²) in [6, 6.07) is 0. The normalized spacial score (nSPS) is 13.2. The van der Waals surface area contributed by atoms with Crippen molar-refractivity contribution < 1.29 is 22.4 Å². The Labute approximate surface area is 73.3 Å². The molecule has 0 spiro atoms. The molecule has 0 saturated carbocycles. The Morgan fingerprint density at radius 3 is 1.85 bits per heavy atom. The van der Waals surface area contributed by atoms with Gasteiger partial charge in [0.2, 0.25) is 0 Å². The van der Waals surface area contributed by atoms with Crippen molar-refractivity contribution in [2.24, 2.45) is 0 Å². The van der Waals surface area contributed by atoms with Crippen LogP contribution in [0.2, 0.25) is 0 Å². The van der Waals surface area contributed by atoms with Crippen molar-refractivity contribution in [2.75, 3.05) is 0 Å². The molecule has 0 atom stereocenters. The summed E-state index contributed by atoms with van der Waals surface area (Å²) in [5.41, 5.74) is -0.949. The lowest BCUT2D eigenvalue weighted by molar-refractivity contribution is -0.170. The van der Waals surface area contributed by atoms with Crippen molar-refractivity contribution in [1.29, 1.82) is 0 Å². The van der Waals surface area contributed by atoms with Crippen LogP contribution in [0.4, 0.5) is 17.6 Å². The third-order valence-corrected chi connectivity index (χ3v) is 1.07. The van der Waals surface area contributed by atoms with Gasteiger partial charge in [-0.3, -0.25) is 4.79 Å². The zero-order valence-corrected chi connectivity index (χ0v) is 7.50. The zero-order chi connectivity index (χ0) is 10.9. The molecule has 0 saturated heterocycles. The van der Waals surface area contributed by atoms with Gasteiger partial charge in [-0.05, 0) is 20.8 Å². The van der Waals surface area contributed by atoms with Gasteiger partial charge >= 0.3 is 12.3 Å². The number of carbonyl (C=O) groups excluding carboxylic acids is 1. The van der Waals surface area contributed by atoms with E-state index in [4.69, 9.17) is 0 Å². The van der Waals surface area contributed by atoms with E-state index in [0.717, 1.165) is 0 Å². The summed E-state index contributed by atoms with van der Waals surface area (Å²) in [5, 5.41) is 1.77. The highest BCUT2D eigenvalue weighted by molar-refractivity contribution is 5.84. The summed E-state index contributed by atoms with van der Waals surface area (Å²) in [7, 11) is 0. The molecule has 0 aromatic rings. The van der Waals surface area contributed by atoms with Gasteiger partial charge in [0, 0.05) is 5.54 Å². The van der Waals surface area contributed by atoms with E-state index in [1.165, 1.54) is 20.8 Å². The van der Waals surface area contributed by atoms with Crippen molar-refractivity contribution in [2.45, 2.75) is 38.7 Å². The van der Waals surface area contributed by atoms with Gasteiger partial charge in [-0.15, -0.1) is 0 Å². The zero-order valence-electron chi connectivity index (χ0n) is 7.50. The van der Waals surface area contributed by atoms with E-state index in [0.29, 0.717) is 0 Å². The van der Waals surface area contributed by atoms with Crippen LogP contribution in [-0.2, 0) is 4.79 Å². The maximum Gasteiger partial charge on any atom is 0.383 e. The minimum atomic E-state index is -4.62. The molecule has 0 aliphatic rings. The van der Waals surface area contributed by atoms with Crippen LogP contribution in [0, 0.1) is 0 Å². The molecule has 0 aromatic carbocycles. The van der Waals surface area contributed by atoms with Gasteiger partial charge in [0.25, 0.3) is 5.91 Å². The van der Waals surface area contributed by atoms with Crippen molar-refractivity contribution in [3.63, 3.8) is 0 Å². The van der Waals surface area contributed by atoms with E-state index in [2.05, 4.69) is 0 Å². The van der Waals surface area contributed by atoms with Gasteiger partial charge in [-0.25, -0.2) is 8.78 Å². The van der Waals surface area contributed by atoms with Crippen LogP contribution in [0.1, 0.15) is 20.8 Å². The molecule has 0 aliphatic heterocycles. The largest absolute Gasteiger partial charge is 0.383 e. The van der Waals surface area contributed by atoms with Crippen LogP contribution in [0.15, 0.2) is 0 Å². The van der Waals surface area contributed by atoms with E-state index in [9.17, 15) is 22.4 Å². The van der Waals surface area contributed by atoms with E-state index < -0.39 is 23.8 Å². The first-order valence-electron chi connectivity index (χ1n) is 3.56. The average Bonchev–Trinajstić information content (AvgIpc) is 1.82. The summed E-state index contributed by atoms with van der Waals surface area (Å²) in [6.07, 6.45) is -3.98. The number of hydrogen-bond acceptors (Lipinski definition) is 1. The molecule has 0 bridgehead atoms. The molecule has 0 heterocycles. The van der Waals surface area contributed by atoms with Gasteiger partial charge in [0.05, 0.1) is 0 Å². The molecule has 1 N–H and O–H groups in total. The summed E-state index contributed by atoms with van der Waals surface area (Å²) in [4.78, 5) is 10.6. The third kappa shape index (κ3) is 3.61. The highest BCUT2D eigenvalue weighted by atomic mass is 19.3. The lowest BCUT2D eigenvalue weighted by Gasteiger charge is -2.23. The molecule has 78 valence electrons. The van der Waals surface area contributed by atoms with E-state index >= 15 is 0 Å². The topological polar surface area (TPSA) is 29.1 Å². The second kappa shape index (κ2) is 3.51. The molecule has 1 amide bonds. The summed E-state index contributed by atoms with van der Waals surface area (Å²) in [6.45, 7) is 4.27. The predicted octanol–water partition coefficient (Wildman–Crippen LogP) is 1.80. The average molecular weight is 201 g/mol. The smallest absolute Gasteiger partial charge is 0.346 e. The van der Waals surface area contributed by atoms with Crippen LogP contribution < -0.4 is 5.32 Å². The molecule has 2 nitrogen and oxygen atoms in total. The Bertz CT molecular complexity index is 197. The molecule has 0 aromatic heterocycles. The second-order valence-electron chi connectivity index (χ2n) is 3.63. The molecule has 0 radical (unpaired) electrons. The fourth-order valence-electron chi connectivity index (χ4n) is 0.523. The standard InChI is InChI=1S/C7H11F4NO/c1-6(2,3)12-5(13)7(10,11)4(8)9/h4H,1-3H3,(H,12,13). The van der Waals surface area contributed by atoms with E-state index in [-0.39, 0.29) is 0 Å². The predicted molar refractivity (Wildman–Crippen MR) is 38.8 cm³/mol. The minimum Gasteiger partial charge on any atom is -0.346 e. The van der Waals surface area contributed by atoms with Gasteiger partial charge in [-0.2, -0.15) is 8.78 Å². The Balaban J connectivity index is 4.44. The van der Waals surface area contributed by atoms with Crippen molar-refractivity contribution in [3.05, 3.63) is 0 Å². The maximum absolute atomic E-state index is 12.3. The number of alkyl halides is 4. The Morgan fingerprint density at radius 1 is 1.23 bits per heavy atom. The number of nitrogens with one attached hydrogen (secondary N) is 1. The van der Waals surface area contributed by atoms with Crippen LogP contribution in [-0.4, -0.2) is 23.8 Å². The number of rotatable bonds is 2. The van der Waals surface area contributed by atoms with E-state index in [1.54, 1.807) is 5.32 Å². The molecular formula is C7H11F4NO. The molecule has 0 rings (SSSR count). The Morgan fingerprint density at radius 2 is 1.62 bits per heavy atom. The fourth-order valence-corrected chi connectivity index (χ4v) is 0.523. The first-order chi connectivity index (χ1) is 5.57. The quantitative estimate of drug-likeness (QED) is 0.678. The molecule has 0 unspecified atom stereocenters. The molecule has 0 fully saturated rings. The first-order valence-corrected chi connectivity index (χ1v) is 3.56. The number of amides is 1. The SMILES string of the molecule is CC(C)(C)NC(=O)C(F)(F)C(F)F. The summed E-state index contributed by atoms with van der Waals surface area (Å²) in [5.74, 6) is -6.57. The van der Waals surface area contributed by atoms with Crippen LogP contribution in [0.3, 0.4) is 0 Å². The van der Waals surface area contributed by atoms with Crippen LogP contribution in [0.5, 0.6) is 0 Å². The highest BCUT2D eigenvalue weighted by Gasteiger charge is 2.49. The summed E-state index contributed by atoms with van der Waals surface area (Å²) < 4.78 is 47.9. The summed E-state index contributed by atoms with van der Waals surface area (Å²) >= 11 is 0. The molecular weight excluding hydrogens is 190 g/mol. The lowest BCUT2D eigenvalue weighted by atomic mass is 10.1. The maximum atomic E-state index is 12.3. The van der Waals surface area contributed by atoms with Crippen molar-refractivity contribution in [1.82, 2.24) is 5.32 Å². The fraction of sp³-hybridized carbons (Fsp3) is 0.857. The Kier molecular flexibility index (Phi) is 3.29. The van der Waals surface area contributed by atoms with Gasteiger partial charge in [-0.1, -0.05) is 0 Å². The van der Waals surface area contributed by atoms with Crippen molar-refractivity contribution >= 4 is 5.91 Å². The first kappa shape index (κ1) is 12.2. The van der Waals surface area contributed by atoms with Gasteiger partial charge in [0.15, 0.2) is 0 Å². The minimum absolute atomic E-state index is 0.949. The van der Waals surface area contributed by atoms with Crippen LogP contribution >= 0.6 is 0 Å². The van der Waals surface area contributed by atoms with Crippen molar-refractivity contribution in [3.8, 4) is 0 Å². The van der Waals surface area contributed by atoms with Gasteiger partial charge < -0.3 is 5.32 Å². The van der Waals surface area contributed by atoms with E-state index in [1.807, 2.05) is 0 Å².